The lowest BCUT2D eigenvalue weighted by Crippen LogP contribution is -2.03. The van der Waals surface area contributed by atoms with Gasteiger partial charge in [0.25, 0.3) is 0 Å². The Balaban J connectivity index is 1.87. The van der Waals surface area contributed by atoms with E-state index in [1.165, 1.54) is 22.9 Å². The zero-order chi connectivity index (χ0) is 9.97. The summed E-state index contributed by atoms with van der Waals surface area (Å²) in [6.07, 6.45) is 4.87. The Labute approximate surface area is 98.8 Å². The summed E-state index contributed by atoms with van der Waals surface area (Å²) in [5, 5.41) is 0.391. The monoisotopic (exact) mass is 272 g/mol. The van der Waals surface area contributed by atoms with Crippen LogP contribution in [0.3, 0.4) is 0 Å². The molecule has 0 amide bonds. The molecule has 0 spiro atoms. The molecule has 0 bridgehead atoms. The third-order valence-corrected chi connectivity index (χ3v) is 4.13. The van der Waals surface area contributed by atoms with Gasteiger partial charge in [0.05, 0.1) is 0 Å². The van der Waals surface area contributed by atoms with Crippen molar-refractivity contribution < 1.29 is 0 Å². The van der Waals surface area contributed by atoms with Crippen LogP contribution in [0.2, 0.25) is 0 Å². The largest absolute Gasteiger partial charge is 0.123 e. The Morgan fingerprint density at radius 3 is 2.71 bits per heavy atom. The second-order valence-corrected chi connectivity index (χ2v) is 5.40. The average Bonchev–Trinajstić information content (AvgIpc) is 2.99. The van der Waals surface area contributed by atoms with E-state index >= 15 is 0 Å². The predicted molar refractivity (Wildman–Crippen MR) is 64.8 cm³/mol. The molecule has 1 aliphatic carbocycles. The van der Waals surface area contributed by atoms with Gasteiger partial charge in [0, 0.05) is 9.85 Å². The fourth-order valence-corrected chi connectivity index (χ4v) is 2.53. The van der Waals surface area contributed by atoms with Crippen LogP contribution in [0.5, 0.6) is 0 Å². The van der Waals surface area contributed by atoms with E-state index in [1.807, 2.05) is 6.07 Å². The highest BCUT2D eigenvalue weighted by Crippen LogP contribution is 2.37. The van der Waals surface area contributed by atoms with Gasteiger partial charge in [0.1, 0.15) is 0 Å². The van der Waals surface area contributed by atoms with Crippen molar-refractivity contribution >= 4 is 27.5 Å². The molecule has 0 radical (unpaired) electrons. The Morgan fingerprint density at radius 1 is 1.36 bits per heavy atom. The van der Waals surface area contributed by atoms with Crippen molar-refractivity contribution in [3.05, 3.63) is 34.3 Å². The minimum atomic E-state index is 0.391. The van der Waals surface area contributed by atoms with Gasteiger partial charge in [-0.1, -0.05) is 34.1 Å². The molecule has 1 aromatic rings. The first kappa shape index (κ1) is 10.5. The van der Waals surface area contributed by atoms with Crippen LogP contribution in [0, 0.1) is 5.92 Å². The van der Waals surface area contributed by atoms with E-state index in [1.54, 1.807) is 0 Å². The molecule has 0 nitrogen and oxygen atoms in total. The lowest BCUT2D eigenvalue weighted by atomic mass is 10.1. The molecule has 2 heteroatoms. The maximum Gasteiger partial charge on any atom is 0.0367 e. The average molecular weight is 274 g/mol. The lowest BCUT2D eigenvalue weighted by molar-refractivity contribution is 0.675. The summed E-state index contributed by atoms with van der Waals surface area (Å²) in [5.41, 5.74) is 1.37. The Hall–Kier alpha value is -0.0100. The zero-order valence-corrected chi connectivity index (χ0v) is 10.4. The SMILES string of the molecule is ClC(CCc1ccccc1Br)C1CC1. The maximum atomic E-state index is 6.27. The van der Waals surface area contributed by atoms with Crippen molar-refractivity contribution in [2.24, 2.45) is 5.92 Å². The molecule has 0 aromatic heterocycles. The summed E-state index contributed by atoms with van der Waals surface area (Å²) in [4.78, 5) is 0. The third kappa shape index (κ3) is 2.74. The number of hydrogen-bond acceptors (Lipinski definition) is 0. The number of rotatable bonds is 4. The third-order valence-electron chi connectivity index (χ3n) is 2.78. The number of benzene rings is 1. The molecule has 1 saturated carbocycles. The van der Waals surface area contributed by atoms with Crippen molar-refractivity contribution in [3.63, 3.8) is 0 Å². The molecule has 0 saturated heterocycles. The minimum Gasteiger partial charge on any atom is -0.123 e. The van der Waals surface area contributed by atoms with Crippen LogP contribution in [0.4, 0.5) is 0 Å². The first-order valence-electron chi connectivity index (χ1n) is 5.15. The summed E-state index contributed by atoms with van der Waals surface area (Å²) in [7, 11) is 0. The van der Waals surface area contributed by atoms with Crippen LogP contribution < -0.4 is 0 Å². The number of hydrogen-bond donors (Lipinski definition) is 0. The summed E-state index contributed by atoms with van der Waals surface area (Å²) in [5.74, 6) is 0.805. The molecule has 14 heavy (non-hydrogen) atoms. The van der Waals surface area contributed by atoms with Crippen molar-refractivity contribution in [3.8, 4) is 0 Å². The number of halogens is 2. The van der Waals surface area contributed by atoms with Crippen molar-refractivity contribution in [1.29, 1.82) is 0 Å². The highest BCUT2D eigenvalue weighted by atomic mass is 79.9. The molecular formula is C12H14BrCl. The van der Waals surface area contributed by atoms with Crippen molar-refractivity contribution in [1.82, 2.24) is 0 Å². The van der Waals surface area contributed by atoms with E-state index in [0.717, 1.165) is 18.8 Å². The highest BCUT2D eigenvalue weighted by molar-refractivity contribution is 9.10. The van der Waals surface area contributed by atoms with Crippen LogP contribution in [-0.4, -0.2) is 5.38 Å². The van der Waals surface area contributed by atoms with Gasteiger partial charge in [-0.05, 0) is 43.2 Å². The maximum absolute atomic E-state index is 6.27. The van der Waals surface area contributed by atoms with Crippen LogP contribution in [0.25, 0.3) is 0 Å². The van der Waals surface area contributed by atoms with E-state index < -0.39 is 0 Å². The van der Waals surface area contributed by atoms with Gasteiger partial charge in [-0.3, -0.25) is 0 Å². The number of aryl methyl sites for hydroxylation is 1. The minimum absolute atomic E-state index is 0.391. The van der Waals surface area contributed by atoms with E-state index in [0.29, 0.717) is 5.38 Å². The molecule has 2 rings (SSSR count). The van der Waals surface area contributed by atoms with Crippen molar-refractivity contribution in [2.45, 2.75) is 31.1 Å². The molecule has 1 aromatic carbocycles. The van der Waals surface area contributed by atoms with Gasteiger partial charge >= 0.3 is 0 Å². The Bertz CT molecular complexity index is 307. The predicted octanol–water partition coefficient (Wildman–Crippen LogP) is 4.40. The number of alkyl halides is 1. The topological polar surface area (TPSA) is 0 Å². The lowest BCUT2D eigenvalue weighted by Gasteiger charge is -2.08. The molecule has 1 atom stereocenters. The Morgan fingerprint density at radius 2 is 2.07 bits per heavy atom. The molecule has 0 heterocycles. The van der Waals surface area contributed by atoms with Gasteiger partial charge in [0.15, 0.2) is 0 Å². The quantitative estimate of drug-likeness (QED) is 0.713. The highest BCUT2D eigenvalue weighted by Gasteiger charge is 2.29. The zero-order valence-electron chi connectivity index (χ0n) is 8.05. The Kier molecular flexibility index (Phi) is 3.51. The van der Waals surface area contributed by atoms with Gasteiger partial charge in [-0.25, -0.2) is 0 Å². The van der Waals surface area contributed by atoms with Crippen LogP contribution in [0.1, 0.15) is 24.8 Å². The summed E-state index contributed by atoms with van der Waals surface area (Å²) in [6.45, 7) is 0. The van der Waals surface area contributed by atoms with Gasteiger partial charge in [-0.2, -0.15) is 0 Å². The van der Waals surface area contributed by atoms with Crippen LogP contribution in [0.15, 0.2) is 28.7 Å². The molecular weight excluding hydrogens is 259 g/mol. The van der Waals surface area contributed by atoms with Crippen LogP contribution >= 0.6 is 27.5 Å². The van der Waals surface area contributed by atoms with E-state index in [2.05, 4.69) is 34.1 Å². The molecule has 1 fully saturated rings. The normalized spacial score (nSPS) is 18.1. The van der Waals surface area contributed by atoms with E-state index in [-0.39, 0.29) is 0 Å². The first-order chi connectivity index (χ1) is 6.77. The molecule has 0 aliphatic heterocycles. The van der Waals surface area contributed by atoms with Gasteiger partial charge < -0.3 is 0 Å². The van der Waals surface area contributed by atoms with E-state index in [4.69, 9.17) is 11.6 Å². The molecule has 1 aliphatic rings. The smallest absolute Gasteiger partial charge is 0.0367 e. The first-order valence-corrected chi connectivity index (χ1v) is 6.38. The summed E-state index contributed by atoms with van der Waals surface area (Å²) in [6, 6.07) is 8.39. The summed E-state index contributed by atoms with van der Waals surface area (Å²) < 4.78 is 1.21. The van der Waals surface area contributed by atoms with Gasteiger partial charge in [0.2, 0.25) is 0 Å². The fourth-order valence-electron chi connectivity index (χ4n) is 1.69. The molecule has 1 unspecified atom stereocenters. The molecule has 76 valence electrons. The summed E-state index contributed by atoms with van der Waals surface area (Å²) >= 11 is 9.82. The second-order valence-electron chi connectivity index (χ2n) is 3.98. The standard InChI is InChI=1S/C12H14BrCl/c13-11-4-2-1-3-9(11)7-8-12(14)10-5-6-10/h1-4,10,12H,5-8H2. The van der Waals surface area contributed by atoms with E-state index in [9.17, 15) is 0 Å². The van der Waals surface area contributed by atoms with Crippen molar-refractivity contribution in [2.75, 3.05) is 0 Å². The second kappa shape index (κ2) is 4.67. The van der Waals surface area contributed by atoms with Crippen LogP contribution in [-0.2, 0) is 6.42 Å². The fraction of sp³-hybridized carbons (Fsp3) is 0.500. The molecule has 0 N–H and O–H groups in total. The van der Waals surface area contributed by atoms with Gasteiger partial charge in [-0.15, -0.1) is 11.6 Å².